The van der Waals surface area contributed by atoms with E-state index in [4.69, 9.17) is 0 Å². The van der Waals surface area contributed by atoms with Gasteiger partial charge in [-0.2, -0.15) is 23.1 Å². The molecule has 3 aromatic rings. The molecule has 202 valence electrons. The highest BCUT2D eigenvalue weighted by Gasteiger charge is 2.42. The van der Waals surface area contributed by atoms with Gasteiger partial charge >= 0.3 is 12.1 Å². The first-order chi connectivity index (χ1) is 18.1. The third-order valence-corrected chi connectivity index (χ3v) is 6.91. The predicted molar refractivity (Wildman–Crippen MR) is 132 cm³/mol. The van der Waals surface area contributed by atoms with Crippen molar-refractivity contribution in [3.05, 3.63) is 46.0 Å². The molecule has 1 aliphatic heterocycles. The van der Waals surface area contributed by atoms with Gasteiger partial charge in [-0.15, -0.1) is 0 Å². The summed E-state index contributed by atoms with van der Waals surface area (Å²) >= 11 is 0. The molecule has 2 aromatic heterocycles. The van der Waals surface area contributed by atoms with Crippen LogP contribution in [0.2, 0.25) is 0 Å². The van der Waals surface area contributed by atoms with Gasteiger partial charge in [0.25, 0.3) is 5.56 Å². The van der Waals surface area contributed by atoms with Gasteiger partial charge in [0.05, 0.1) is 5.39 Å². The normalized spacial score (nSPS) is 16.7. The Morgan fingerprint density at radius 1 is 1.11 bits per heavy atom. The zero-order valence-electron chi connectivity index (χ0n) is 20.6. The molecule has 0 atom stereocenters. The second-order valence-corrected chi connectivity index (χ2v) is 9.40. The Morgan fingerprint density at radius 3 is 2.39 bits per heavy atom. The fourth-order valence-electron chi connectivity index (χ4n) is 4.99. The smallest absolute Gasteiger partial charge is 0.400 e. The summed E-state index contributed by atoms with van der Waals surface area (Å²) in [5.41, 5.74) is 0.194. The summed E-state index contributed by atoms with van der Waals surface area (Å²) in [4.78, 5) is 35.3. The molecule has 0 spiro atoms. The Hall–Kier alpha value is -3.74. The highest BCUT2D eigenvalue weighted by atomic mass is 19.4. The average molecular weight is 535 g/mol. The lowest BCUT2D eigenvalue weighted by Crippen LogP contribution is -2.43. The number of anilines is 3. The van der Waals surface area contributed by atoms with Gasteiger partial charge in [0.1, 0.15) is 0 Å². The maximum atomic E-state index is 15.0. The number of rotatable bonds is 5. The molecule has 0 amide bonds. The third kappa shape index (κ3) is 5.02. The molecule has 0 unspecified atom stereocenters. The molecule has 2 aliphatic rings. The molecule has 9 nitrogen and oxygen atoms in total. The number of piperazine rings is 1. The minimum atomic E-state index is -5.31. The zero-order valence-corrected chi connectivity index (χ0v) is 20.6. The van der Waals surface area contributed by atoms with Gasteiger partial charge in [0.15, 0.2) is 11.5 Å². The lowest BCUT2D eigenvalue weighted by Gasteiger charge is -2.29. The first-order valence-corrected chi connectivity index (χ1v) is 12.4. The molecule has 1 aromatic carbocycles. The average Bonchev–Trinajstić information content (AvgIpc) is 3.42. The first kappa shape index (κ1) is 25.9. The number of esters is 1. The monoisotopic (exact) mass is 534 g/mol. The summed E-state index contributed by atoms with van der Waals surface area (Å²) in [6.07, 6.45) is -2.54. The van der Waals surface area contributed by atoms with Crippen molar-refractivity contribution >= 4 is 34.3 Å². The largest absolute Gasteiger partial charge is 0.491 e. The van der Waals surface area contributed by atoms with E-state index in [0.717, 1.165) is 49.3 Å². The minimum Gasteiger partial charge on any atom is -0.400 e. The lowest BCUT2D eigenvalue weighted by atomic mass is 10.1. The van der Waals surface area contributed by atoms with Gasteiger partial charge in [-0.05, 0) is 44.0 Å². The number of carbonyl (C=O) groups excluding carboxylic acids is 1. The number of fused-ring (bicyclic) bond motifs is 1. The number of benzene rings is 1. The number of alkyl halides is 3. The van der Waals surface area contributed by atoms with E-state index in [2.05, 4.69) is 30.2 Å². The second-order valence-electron chi connectivity index (χ2n) is 9.40. The van der Waals surface area contributed by atoms with Gasteiger partial charge in [-0.25, -0.2) is 9.18 Å². The van der Waals surface area contributed by atoms with Crippen molar-refractivity contribution in [3.63, 3.8) is 0 Å². The van der Waals surface area contributed by atoms with Gasteiger partial charge in [-0.1, -0.05) is 12.8 Å². The van der Waals surface area contributed by atoms with Crippen molar-refractivity contribution in [1.29, 1.82) is 0 Å². The van der Waals surface area contributed by atoms with Crippen molar-refractivity contribution in [1.82, 2.24) is 19.9 Å². The summed E-state index contributed by atoms with van der Waals surface area (Å²) in [6.45, 7) is 4.65. The third-order valence-electron chi connectivity index (χ3n) is 6.91. The van der Waals surface area contributed by atoms with Crippen LogP contribution in [0.15, 0.2) is 29.1 Å². The zero-order chi connectivity index (χ0) is 27.0. The van der Waals surface area contributed by atoms with Crippen LogP contribution >= 0.6 is 0 Å². The van der Waals surface area contributed by atoms with Crippen molar-refractivity contribution in [3.8, 4) is 5.88 Å². The van der Waals surface area contributed by atoms with Crippen LogP contribution in [0.4, 0.5) is 34.9 Å². The summed E-state index contributed by atoms with van der Waals surface area (Å²) in [6, 6.07) is 6.88. The van der Waals surface area contributed by atoms with E-state index in [0.29, 0.717) is 18.5 Å². The minimum absolute atomic E-state index is 0.0966. The summed E-state index contributed by atoms with van der Waals surface area (Å²) in [7, 11) is 0. The topological polar surface area (TPSA) is 101 Å². The number of halogens is 4. The first-order valence-electron chi connectivity index (χ1n) is 12.4. The summed E-state index contributed by atoms with van der Waals surface area (Å²) < 4.78 is 60.0. The van der Waals surface area contributed by atoms with Crippen LogP contribution in [-0.4, -0.2) is 52.9 Å². The highest BCUT2D eigenvalue weighted by molar-refractivity contribution is 5.89. The fourth-order valence-corrected chi connectivity index (χ4v) is 4.99. The van der Waals surface area contributed by atoms with Crippen LogP contribution < -0.4 is 25.8 Å². The molecule has 1 saturated heterocycles. The number of hydrogen-bond donors (Lipinski definition) is 2. The van der Waals surface area contributed by atoms with Crippen LogP contribution in [0, 0.1) is 12.7 Å². The van der Waals surface area contributed by atoms with E-state index in [1.165, 1.54) is 6.92 Å². The van der Waals surface area contributed by atoms with Crippen molar-refractivity contribution < 1.29 is 27.1 Å². The molecule has 3 heterocycles. The van der Waals surface area contributed by atoms with Crippen LogP contribution in [0.25, 0.3) is 11.0 Å². The number of carbonyl (C=O) groups is 1. The molecular weight excluding hydrogens is 508 g/mol. The van der Waals surface area contributed by atoms with Gasteiger partial charge in [-0.3, -0.25) is 9.36 Å². The Balaban J connectivity index is 1.60. The SMILES string of the molecule is Cc1c(F)c(=O)n(C2CCCC2)c2nc(Nc3ccc(N4CCNCC4)cc3)nc(OC(=O)C(F)(F)F)c12. The van der Waals surface area contributed by atoms with Crippen molar-refractivity contribution in [2.45, 2.75) is 44.8 Å². The molecule has 38 heavy (non-hydrogen) atoms. The highest BCUT2D eigenvalue weighted by Crippen LogP contribution is 2.35. The van der Waals surface area contributed by atoms with Crippen LogP contribution in [0.5, 0.6) is 5.88 Å². The Bertz CT molecular complexity index is 1410. The molecule has 1 saturated carbocycles. The van der Waals surface area contributed by atoms with E-state index in [1.54, 1.807) is 12.1 Å². The van der Waals surface area contributed by atoms with Crippen molar-refractivity contribution in [2.24, 2.45) is 0 Å². The van der Waals surface area contributed by atoms with E-state index in [1.807, 2.05) is 12.1 Å². The number of aryl methyl sites for hydroxylation is 1. The summed E-state index contributed by atoms with van der Waals surface area (Å²) in [5.74, 6) is -4.64. The van der Waals surface area contributed by atoms with Crippen LogP contribution in [0.1, 0.15) is 37.3 Å². The van der Waals surface area contributed by atoms with Gasteiger partial charge in [0, 0.05) is 49.2 Å². The maximum absolute atomic E-state index is 15.0. The quantitative estimate of drug-likeness (QED) is 0.375. The fraction of sp³-hybridized carbons (Fsp3) is 0.440. The number of nitrogens with zero attached hydrogens (tertiary/aromatic N) is 4. The van der Waals surface area contributed by atoms with E-state index in [-0.39, 0.29) is 22.5 Å². The molecule has 5 rings (SSSR count). The lowest BCUT2D eigenvalue weighted by molar-refractivity contribution is -0.189. The number of nitrogens with one attached hydrogen (secondary N) is 2. The standard InChI is InChI=1S/C25H26F4N6O3/c1-14-18-20(35(22(36)19(14)26)17-4-2-3-5-17)32-24(33-21(18)38-23(37)25(27,28)29)31-15-6-8-16(9-7-15)34-12-10-30-11-13-34/h6-9,17,30H,2-5,10-13H2,1H3,(H,31,32,33). The Kier molecular flexibility index (Phi) is 6.95. The van der Waals surface area contributed by atoms with E-state index in [9.17, 15) is 27.2 Å². The number of hydrogen-bond acceptors (Lipinski definition) is 8. The molecule has 13 heteroatoms. The molecule has 1 aliphatic carbocycles. The molecule has 2 fully saturated rings. The number of pyridine rings is 1. The van der Waals surface area contributed by atoms with E-state index >= 15 is 0 Å². The van der Waals surface area contributed by atoms with E-state index < -0.39 is 35.4 Å². The van der Waals surface area contributed by atoms with Crippen LogP contribution in [-0.2, 0) is 4.79 Å². The number of ether oxygens (including phenoxy) is 1. The van der Waals surface area contributed by atoms with Crippen molar-refractivity contribution in [2.75, 3.05) is 36.4 Å². The molecule has 0 bridgehead atoms. The summed E-state index contributed by atoms with van der Waals surface area (Å²) in [5, 5.41) is 5.94. The Labute approximate surface area is 214 Å². The predicted octanol–water partition coefficient (Wildman–Crippen LogP) is 3.98. The molecule has 2 N–H and O–H groups in total. The Morgan fingerprint density at radius 2 is 1.76 bits per heavy atom. The molecule has 0 radical (unpaired) electrons. The number of aromatic nitrogens is 3. The second kappa shape index (κ2) is 10.2. The van der Waals surface area contributed by atoms with Crippen LogP contribution in [0.3, 0.4) is 0 Å². The van der Waals surface area contributed by atoms with Gasteiger partial charge < -0.3 is 20.3 Å². The maximum Gasteiger partial charge on any atom is 0.491 e. The molecular formula is C25H26F4N6O3. The van der Waals surface area contributed by atoms with Gasteiger partial charge in [0.2, 0.25) is 11.8 Å².